The molecule has 41 heavy (non-hydrogen) atoms. The number of hydrogen-bond donors (Lipinski definition) is 0. The summed E-state index contributed by atoms with van der Waals surface area (Å²) in [4.78, 5) is 2.66. The van der Waals surface area contributed by atoms with Crippen molar-refractivity contribution in [2.45, 2.75) is 30.1 Å². The number of hydrogen-bond acceptors (Lipinski definition) is 3. The van der Waals surface area contributed by atoms with Crippen LogP contribution in [0.15, 0.2) is 137 Å². The molecule has 6 aromatic carbocycles. The number of benzene rings is 6. The Hall–Kier alpha value is -4.67. The fourth-order valence-corrected chi connectivity index (χ4v) is 7.65. The van der Waals surface area contributed by atoms with Crippen molar-refractivity contribution < 1.29 is 8.42 Å². The molecule has 0 saturated heterocycles. The van der Waals surface area contributed by atoms with Crippen LogP contribution >= 0.6 is 0 Å². The summed E-state index contributed by atoms with van der Waals surface area (Å²) in [5, 5.41) is 4.70. The summed E-state index contributed by atoms with van der Waals surface area (Å²) in [6.07, 6.45) is 0.709. The Balaban J connectivity index is 1.31. The number of rotatable bonds is 4. The lowest BCUT2D eigenvalue weighted by molar-refractivity contribution is 0.594. The van der Waals surface area contributed by atoms with E-state index in [1.165, 1.54) is 21.9 Å². The van der Waals surface area contributed by atoms with Crippen molar-refractivity contribution in [1.29, 1.82) is 0 Å². The summed E-state index contributed by atoms with van der Waals surface area (Å²) in [6.45, 7) is 8.26. The molecule has 0 aliphatic carbocycles. The first-order valence-electron chi connectivity index (χ1n) is 13.9. The van der Waals surface area contributed by atoms with Crippen LogP contribution in [0, 0.1) is 6.92 Å². The fourth-order valence-electron chi connectivity index (χ4n) is 5.93. The highest BCUT2D eigenvalue weighted by atomic mass is 32.2. The average Bonchev–Trinajstić information content (AvgIpc) is 3.00. The molecule has 0 aromatic heterocycles. The smallest absolute Gasteiger partial charge is 0.210 e. The first kappa shape index (κ1) is 25.3. The summed E-state index contributed by atoms with van der Waals surface area (Å²) in [5.74, 6) is 0. The van der Waals surface area contributed by atoms with Crippen LogP contribution in [0.4, 0.5) is 11.4 Å². The second kappa shape index (κ2) is 9.46. The molecule has 0 spiro atoms. The van der Waals surface area contributed by atoms with Gasteiger partial charge in [0, 0.05) is 5.70 Å². The normalized spacial score (nSPS) is 13.7. The highest BCUT2D eigenvalue weighted by Gasteiger charge is 2.36. The molecule has 0 bridgehead atoms. The first-order valence-corrected chi connectivity index (χ1v) is 15.3. The molecule has 0 amide bonds. The van der Waals surface area contributed by atoms with Gasteiger partial charge in [-0.2, -0.15) is 0 Å². The molecular formula is C37H29NO2S. The van der Waals surface area contributed by atoms with Crippen LogP contribution in [0.25, 0.3) is 43.8 Å². The Morgan fingerprint density at radius 2 is 1.17 bits per heavy atom. The van der Waals surface area contributed by atoms with Gasteiger partial charge in [-0.05, 0) is 99.1 Å². The number of aryl methyl sites for hydroxylation is 1. The molecule has 4 heteroatoms. The van der Waals surface area contributed by atoms with Gasteiger partial charge in [0.1, 0.15) is 0 Å². The molecule has 3 nitrogen and oxygen atoms in total. The number of sulfone groups is 1. The summed E-state index contributed by atoms with van der Waals surface area (Å²) in [6, 6.07) is 39.0. The third kappa shape index (κ3) is 4.06. The minimum Gasteiger partial charge on any atom is -0.312 e. The number of nitrogens with zero attached hydrogens (tertiary/aromatic N) is 1. The van der Waals surface area contributed by atoms with Crippen LogP contribution in [-0.4, -0.2) is 8.42 Å². The van der Waals surface area contributed by atoms with Crippen LogP contribution < -0.4 is 4.90 Å². The molecule has 1 aliphatic heterocycles. The minimum absolute atomic E-state index is 0.314. The van der Waals surface area contributed by atoms with Crippen LogP contribution in [0.3, 0.4) is 0 Å². The van der Waals surface area contributed by atoms with Crippen molar-refractivity contribution in [1.82, 2.24) is 0 Å². The van der Waals surface area contributed by atoms with E-state index in [-0.39, 0.29) is 0 Å². The lowest BCUT2D eigenvalue weighted by Crippen LogP contribution is -2.26. The summed E-state index contributed by atoms with van der Waals surface area (Å²) >= 11 is 0. The van der Waals surface area contributed by atoms with E-state index >= 15 is 0 Å². The highest BCUT2D eigenvalue weighted by molar-refractivity contribution is 7.92. The van der Waals surface area contributed by atoms with E-state index in [2.05, 4.69) is 85.4 Å². The Labute approximate surface area is 240 Å². The molecule has 0 N–H and O–H groups in total. The number of anilines is 2. The van der Waals surface area contributed by atoms with E-state index in [1.807, 2.05) is 49.1 Å². The quantitative estimate of drug-likeness (QED) is 0.219. The first-order chi connectivity index (χ1) is 19.8. The van der Waals surface area contributed by atoms with Gasteiger partial charge in [-0.15, -0.1) is 0 Å². The van der Waals surface area contributed by atoms with Gasteiger partial charge in [0.2, 0.25) is 9.84 Å². The van der Waals surface area contributed by atoms with Crippen molar-refractivity contribution in [3.05, 3.63) is 133 Å². The van der Waals surface area contributed by atoms with E-state index < -0.39 is 9.84 Å². The van der Waals surface area contributed by atoms with Gasteiger partial charge in [-0.1, -0.05) is 92.4 Å². The van der Waals surface area contributed by atoms with E-state index in [4.69, 9.17) is 0 Å². The van der Waals surface area contributed by atoms with Crippen molar-refractivity contribution >= 4 is 42.8 Å². The number of fused-ring (bicyclic) bond motifs is 4. The minimum atomic E-state index is -3.71. The second-order valence-corrected chi connectivity index (χ2v) is 12.6. The Morgan fingerprint density at radius 1 is 0.634 bits per heavy atom. The van der Waals surface area contributed by atoms with Gasteiger partial charge >= 0.3 is 0 Å². The summed E-state index contributed by atoms with van der Waals surface area (Å²) < 4.78 is 27.8. The van der Waals surface area contributed by atoms with Crippen molar-refractivity contribution in [3.63, 3.8) is 0 Å². The molecule has 0 radical (unpaired) electrons. The van der Waals surface area contributed by atoms with Gasteiger partial charge < -0.3 is 4.90 Å². The SMILES string of the molecule is C=C(CC)N1c2ccc(-c3ccc4cc(-c5ccc6ccccc6c5)ccc4c3)cc2S(=O)(=O)c2cccc(C)c21. The molecule has 0 unspecified atom stereocenters. The maximum absolute atomic E-state index is 13.9. The fraction of sp³-hybridized carbons (Fsp3) is 0.0811. The topological polar surface area (TPSA) is 37.4 Å². The van der Waals surface area contributed by atoms with Gasteiger partial charge in [-0.3, -0.25) is 0 Å². The van der Waals surface area contributed by atoms with Gasteiger partial charge in [0.25, 0.3) is 0 Å². The maximum atomic E-state index is 13.9. The number of para-hydroxylation sites is 1. The zero-order chi connectivity index (χ0) is 28.3. The zero-order valence-electron chi connectivity index (χ0n) is 23.1. The van der Waals surface area contributed by atoms with Crippen molar-refractivity contribution in [2.24, 2.45) is 0 Å². The molecule has 1 aliphatic rings. The third-order valence-corrected chi connectivity index (χ3v) is 10.00. The van der Waals surface area contributed by atoms with Gasteiger partial charge in [0.05, 0.1) is 21.2 Å². The summed E-state index contributed by atoms with van der Waals surface area (Å²) in [5.41, 5.74) is 7.32. The van der Waals surface area contributed by atoms with E-state index in [1.54, 1.807) is 6.07 Å². The average molecular weight is 552 g/mol. The third-order valence-electron chi connectivity index (χ3n) is 8.18. The molecule has 200 valence electrons. The van der Waals surface area contributed by atoms with Gasteiger partial charge in [-0.25, -0.2) is 8.42 Å². The second-order valence-electron chi connectivity index (χ2n) is 10.7. The predicted octanol–water partition coefficient (Wildman–Crippen LogP) is 9.84. The lowest BCUT2D eigenvalue weighted by atomic mass is 9.96. The Bertz CT molecular complexity index is 2140. The van der Waals surface area contributed by atoms with Crippen molar-refractivity contribution in [2.75, 3.05) is 4.90 Å². The van der Waals surface area contributed by atoms with Crippen LogP contribution in [0.1, 0.15) is 18.9 Å². The maximum Gasteiger partial charge on any atom is 0.210 e. The molecular weight excluding hydrogens is 522 g/mol. The molecule has 0 fully saturated rings. The van der Waals surface area contributed by atoms with Crippen LogP contribution in [-0.2, 0) is 9.84 Å². The van der Waals surface area contributed by atoms with Crippen molar-refractivity contribution in [3.8, 4) is 22.3 Å². The standard InChI is InChI=1S/C37H29NO2S/c1-4-25(3)38-34-19-18-33(23-36(34)41(39,40)35-11-7-8-24(2)37(35)38)32-17-16-30-21-29(14-15-31(30)22-32)28-13-12-26-9-5-6-10-27(26)20-28/h5-23H,3-4H2,1-2H3. The Morgan fingerprint density at radius 3 is 1.80 bits per heavy atom. The molecule has 7 rings (SSSR count). The van der Waals surface area contributed by atoms with Crippen LogP contribution in [0.5, 0.6) is 0 Å². The number of allylic oxidation sites excluding steroid dienone is 1. The largest absolute Gasteiger partial charge is 0.312 e. The predicted molar refractivity (Wildman–Crippen MR) is 171 cm³/mol. The van der Waals surface area contributed by atoms with E-state index in [0.29, 0.717) is 27.6 Å². The molecule has 0 saturated carbocycles. The van der Waals surface area contributed by atoms with Crippen LogP contribution in [0.2, 0.25) is 0 Å². The molecule has 0 atom stereocenters. The highest BCUT2D eigenvalue weighted by Crippen LogP contribution is 2.48. The lowest BCUT2D eigenvalue weighted by Gasteiger charge is -2.35. The molecule has 1 heterocycles. The van der Waals surface area contributed by atoms with E-state index in [0.717, 1.165) is 33.2 Å². The van der Waals surface area contributed by atoms with E-state index in [9.17, 15) is 8.42 Å². The monoisotopic (exact) mass is 551 g/mol. The zero-order valence-corrected chi connectivity index (χ0v) is 23.9. The van der Waals surface area contributed by atoms with Gasteiger partial charge in [0.15, 0.2) is 0 Å². The summed E-state index contributed by atoms with van der Waals surface area (Å²) in [7, 11) is -3.71. The Kier molecular flexibility index (Phi) is 5.84. The molecule has 6 aromatic rings.